The van der Waals surface area contributed by atoms with Gasteiger partial charge in [-0.3, -0.25) is 5.32 Å². The van der Waals surface area contributed by atoms with Crippen molar-refractivity contribution in [2.75, 3.05) is 10.6 Å². The summed E-state index contributed by atoms with van der Waals surface area (Å²) >= 11 is 6.09. The number of hydrogen-bond donors (Lipinski definition) is 3. The van der Waals surface area contributed by atoms with E-state index >= 15 is 0 Å². The molecule has 158 valence electrons. The molecule has 32 heavy (non-hydrogen) atoms. The van der Waals surface area contributed by atoms with Gasteiger partial charge in [-0.25, -0.2) is 23.5 Å². The fourth-order valence-corrected chi connectivity index (χ4v) is 3.19. The van der Waals surface area contributed by atoms with E-state index in [2.05, 4.69) is 25.6 Å². The number of pyridine rings is 1. The number of nitriles is 1. The molecule has 4 rings (SSSR count). The Balaban J connectivity index is 1.54. The molecular weight excluding hydrogens is 438 g/mol. The number of halogens is 3. The lowest BCUT2D eigenvalue weighted by Crippen LogP contribution is -2.20. The molecule has 10 heteroatoms. The maximum Gasteiger partial charge on any atom is 0.324 e. The van der Waals surface area contributed by atoms with Crippen LogP contribution in [0.3, 0.4) is 0 Å². The van der Waals surface area contributed by atoms with Crippen molar-refractivity contribution < 1.29 is 13.6 Å². The number of rotatable bonds is 4. The molecule has 0 spiro atoms. The molecule has 0 bridgehead atoms. The van der Waals surface area contributed by atoms with Gasteiger partial charge in [0.1, 0.15) is 29.3 Å². The lowest BCUT2D eigenvalue weighted by atomic mass is 10.2. The third kappa shape index (κ3) is 4.40. The summed E-state index contributed by atoms with van der Waals surface area (Å²) < 4.78 is 27.2. The number of H-pyrrole nitrogens is 1. The molecule has 2 amide bonds. The van der Waals surface area contributed by atoms with Crippen LogP contribution in [0.25, 0.3) is 22.6 Å². The van der Waals surface area contributed by atoms with E-state index in [9.17, 15) is 18.8 Å². The van der Waals surface area contributed by atoms with Gasteiger partial charge in [0.2, 0.25) is 0 Å². The number of hydrogen-bond acceptors (Lipinski definition) is 4. The van der Waals surface area contributed by atoms with Crippen LogP contribution in [0, 0.1) is 23.0 Å². The van der Waals surface area contributed by atoms with Crippen molar-refractivity contribution in [1.82, 2.24) is 15.0 Å². The van der Waals surface area contributed by atoms with Gasteiger partial charge in [-0.15, -0.1) is 0 Å². The SMILES string of the molecule is N#Cc1nc(-c2c(F)cccc2Cl)[nH]c1-c1ccc(NC(=O)Nc2ccc(F)cc2)nc1. The first-order valence-electron chi connectivity index (χ1n) is 9.19. The zero-order valence-electron chi connectivity index (χ0n) is 16.2. The lowest BCUT2D eigenvalue weighted by molar-refractivity contribution is 0.262. The van der Waals surface area contributed by atoms with E-state index in [1.807, 2.05) is 6.07 Å². The Hall–Kier alpha value is -4.29. The Morgan fingerprint density at radius 1 is 1.06 bits per heavy atom. The van der Waals surface area contributed by atoms with Gasteiger partial charge in [-0.05, 0) is 48.5 Å². The van der Waals surface area contributed by atoms with Crippen molar-refractivity contribution in [3.8, 4) is 28.7 Å². The van der Waals surface area contributed by atoms with Gasteiger partial charge in [-0.2, -0.15) is 5.26 Å². The van der Waals surface area contributed by atoms with Crippen molar-refractivity contribution in [2.45, 2.75) is 0 Å². The molecule has 0 fully saturated rings. The number of aromatic nitrogens is 3. The Bertz CT molecular complexity index is 1310. The first-order valence-corrected chi connectivity index (χ1v) is 9.57. The Morgan fingerprint density at radius 2 is 1.84 bits per heavy atom. The summed E-state index contributed by atoms with van der Waals surface area (Å²) in [6, 6.07) is 14.1. The third-order valence-corrected chi connectivity index (χ3v) is 4.72. The van der Waals surface area contributed by atoms with Gasteiger partial charge >= 0.3 is 6.03 Å². The number of amides is 2. The Kier molecular flexibility index (Phi) is 5.79. The van der Waals surface area contributed by atoms with Gasteiger partial charge < -0.3 is 10.3 Å². The molecule has 0 saturated heterocycles. The van der Waals surface area contributed by atoms with Crippen molar-refractivity contribution in [1.29, 1.82) is 5.26 Å². The molecule has 2 aromatic heterocycles. The van der Waals surface area contributed by atoms with Crippen LogP contribution >= 0.6 is 11.6 Å². The third-order valence-electron chi connectivity index (χ3n) is 4.41. The molecule has 0 saturated carbocycles. The van der Waals surface area contributed by atoms with Gasteiger partial charge in [0, 0.05) is 17.4 Å². The number of nitrogens with one attached hydrogen (secondary N) is 3. The number of carbonyl (C=O) groups excluding carboxylic acids is 1. The summed E-state index contributed by atoms with van der Waals surface area (Å²) in [4.78, 5) is 23.3. The number of carbonyl (C=O) groups is 1. The van der Waals surface area contributed by atoms with Crippen LogP contribution in [-0.4, -0.2) is 21.0 Å². The summed E-state index contributed by atoms with van der Waals surface area (Å²) in [6.45, 7) is 0. The van der Waals surface area contributed by atoms with Crippen LogP contribution in [0.4, 0.5) is 25.1 Å². The number of anilines is 2. The molecule has 3 N–H and O–H groups in total. The molecule has 4 aromatic rings. The van der Waals surface area contributed by atoms with Crippen LogP contribution < -0.4 is 10.6 Å². The maximum atomic E-state index is 14.2. The molecule has 0 atom stereocenters. The average Bonchev–Trinajstić information content (AvgIpc) is 3.20. The quantitative estimate of drug-likeness (QED) is 0.377. The lowest BCUT2D eigenvalue weighted by Gasteiger charge is -2.07. The van der Waals surface area contributed by atoms with Crippen molar-refractivity contribution in [3.63, 3.8) is 0 Å². The van der Waals surface area contributed by atoms with Gasteiger partial charge in [0.25, 0.3) is 0 Å². The molecule has 0 aliphatic carbocycles. The zero-order chi connectivity index (χ0) is 22.7. The molecular formula is C22H13ClF2N6O. The van der Waals surface area contributed by atoms with Crippen molar-refractivity contribution >= 4 is 29.1 Å². The second-order valence-corrected chi connectivity index (χ2v) is 6.94. The predicted molar refractivity (Wildman–Crippen MR) is 116 cm³/mol. The average molecular weight is 451 g/mol. The first kappa shape index (κ1) is 21.0. The fourth-order valence-electron chi connectivity index (χ4n) is 2.93. The van der Waals surface area contributed by atoms with Crippen LogP contribution in [-0.2, 0) is 0 Å². The summed E-state index contributed by atoms with van der Waals surface area (Å²) in [5.74, 6) is -0.638. The van der Waals surface area contributed by atoms with E-state index in [-0.39, 0.29) is 27.9 Å². The maximum absolute atomic E-state index is 14.2. The Morgan fingerprint density at radius 3 is 2.50 bits per heavy atom. The molecule has 0 radical (unpaired) electrons. The number of urea groups is 1. The van der Waals surface area contributed by atoms with Crippen LogP contribution in [0.2, 0.25) is 5.02 Å². The number of imidazole rings is 1. The highest BCUT2D eigenvalue weighted by Gasteiger charge is 2.18. The Labute approximate surface area is 185 Å². The largest absolute Gasteiger partial charge is 0.337 e. The van der Waals surface area contributed by atoms with Gasteiger partial charge in [0.15, 0.2) is 5.69 Å². The minimum atomic E-state index is -0.577. The summed E-state index contributed by atoms with van der Waals surface area (Å²) in [5.41, 5.74) is 1.33. The minimum Gasteiger partial charge on any atom is -0.337 e. The van der Waals surface area contributed by atoms with Gasteiger partial charge in [0.05, 0.1) is 16.3 Å². The minimum absolute atomic E-state index is 0.0379. The van der Waals surface area contributed by atoms with E-state index in [0.29, 0.717) is 16.9 Å². The van der Waals surface area contributed by atoms with Crippen LogP contribution in [0.5, 0.6) is 0 Å². The van der Waals surface area contributed by atoms with Crippen LogP contribution in [0.15, 0.2) is 60.8 Å². The van der Waals surface area contributed by atoms with Gasteiger partial charge in [-0.1, -0.05) is 17.7 Å². The highest BCUT2D eigenvalue weighted by Crippen LogP contribution is 2.31. The van der Waals surface area contributed by atoms with Crippen LogP contribution in [0.1, 0.15) is 5.69 Å². The predicted octanol–water partition coefficient (Wildman–Crippen LogP) is 5.59. The molecule has 0 unspecified atom stereocenters. The summed E-state index contributed by atoms with van der Waals surface area (Å²) in [6.07, 6.45) is 1.43. The highest BCUT2D eigenvalue weighted by molar-refractivity contribution is 6.33. The molecule has 7 nitrogen and oxygen atoms in total. The number of aromatic amines is 1. The number of nitrogens with zero attached hydrogens (tertiary/aromatic N) is 3. The topological polar surface area (TPSA) is 106 Å². The normalized spacial score (nSPS) is 10.4. The summed E-state index contributed by atoms with van der Waals surface area (Å²) in [5, 5.41) is 14.7. The second kappa shape index (κ2) is 8.83. The van der Waals surface area contributed by atoms with E-state index in [1.54, 1.807) is 6.07 Å². The number of benzene rings is 2. The van der Waals surface area contributed by atoms with E-state index in [1.165, 1.54) is 54.7 Å². The molecule has 0 aliphatic rings. The standard InChI is InChI=1S/C22H13ClF2N6O/c23-15-2-1-3-16(25)19(15)21-29-17(10-26)20(31-21)12-4-9-18(27-11-12)30-22(32)28-14-7-5-13(24)6-8-14/h1-9,11H,(H,29,31)(H2,27,28,30,32). The first-order chi connectivity index (χ1) is 15.4. The monoisotopic (exact) mass is 450 g/mol. The van der Waals surface area contributed by atoms with E-state index < -0.39 is 17.7 Å². The molecule has 2 heterocycles. The summed E-state index contributed by atoms with van der Waals surface area (Å²) in [7, 11) is 0. The smallest absolute Gasteiger partial charge is 0.324 e. The van der Waals surface area contributed by atoms with E-state index in [4.69, 9.17) is 11.6 Å². The molecule has 0 aliphatic heterocycles. The fraction of sp³-hybridized carbons (Fsp3) is 0. The van der Waals surface area contributed by atoms with Crippen molar-refractivity contribution in [3.05, 3.63) is 83.1 Å². The van der Waals surface area contributed by atoms with Crippen molar-refractivity contribution in [2.24, 2.45) is 0 Å². The molecule has 2 aromatic carbocycles. The zero-order valence-corrected chi connectivity index (χ0v) is 16.9. The van der Waals surface area contributed by atoms with E-state index in [0.717, 1.165) is 0 Å². The second-order valence-electron chi connectivity index (χ2n) is 6.54. The highest BCUT2D eigenvalue weighted by atomic mass is 35.5.